The summed E-state index contributed by atoms with van der Waals surface area (Å²) >= 11 is 3.04. The first-order valence-corrected chi connectivity index (χ1v) is 7.03. The minimum atomic E-state index is -2.73. The van der Waals surface area contributed by atoms with Gasteiger partial charge in [0.05, 0.1) is 21.4 Å². The Hall–Kier alpha value is -2.27. The number of benzene rings is 1. The van der Waals surface area contributed by atoms with Crippen molar-refractivity contribution in [3.8, 4) is 6.07 Å². The number of hydrogen-bond donors (Lipinski definition) is 1. The number of halogens is 3. The summed E-state index contributed by atoms with van der Waals surface area (Å²) in [5.41, 5.74) is 0.720. The molecule has 1 heterocycles. The number of nitrogens with zero attached hydrogens (tertiary/aromatic N) is 3. The van der Waals surface area contributed by atoms with Gasteiger partial charge in [0.25, 0.3) is 6.43 Å². The number of rotatable bonds is 4. The Labute approximate surface area is 133 Å². The third-order valence-electron chi connectivity index (χ3n) is 2.98. The van der Waals surface area contributed by atoms with E-state index in [4.69, 9.17) is 5.26 Å². The van der Waals surface area contributed by atoms with E-state index in [-0.39, 0.29) is 11.0 Å². The number of hydrogen-bond acceptors (Lipinski definition) is 3. The Bertz CT molecular complexity index is 752. The quantitative estimate of drug-likeness (QED) is 0.898. The van der Waals surface area contributed by atoms with Crippen molar-refractivity contribution < 1.29 is 13.6 Å². The van der Waals surface area contributed by atoms with Crippen molar-refractivity contribution in [3.05, 3.63) is 45.7 Å². The molecule has 0 saturated heterocycles. The molecule has 0 saturated carbocycles. The van der Waals surface area contributed by atoms with E-state index in [1.165, 1.54) is 4.68 Å². The van der Waals surface area contributed by atoms with E-state index in [9.17, 15) is 13.6 Å². The van der Waals surface area contributed by atoms with Crippen molar-refractivity contribution in [2.45, 2.75) is 19.9 Å². The monoisotopic (exact) mass is 368 g/mol. The molecule has 22 heavy (non-hydrogen) atoms. The molecule has 0 aliphatic heterocycles. The standard InChI is InChI=1S/C14H11BrF2N4O/c1-8-12(15)13(14(16)17)20-21(8)7-11(22)19-10-5-3-2-4-9(10)6-18/h2-5,14H,7H2,1H3,(H,19,22). The zero-order valence-corrected chi connectivity index (χ0v) is 13.1. The number of nitrogens with one attached hydrogen (secondary N) is 1. The van der Waals surface area contributed by atoms with Crippen LogP contribution in [0.2, 0.25) is 0 Å². The third-order valence-corrected chi connectivity index (χ3v) is 3.96. The molecule has 5 nitrogen and oxygen atoms in total. The van der Waals surface area contributed by atoms with Crippen molar-refractivity contribution >= 4 is 27.5 Å². The lowest BCUT2D eigenvalue weighted by atomic mass is 10.2. The summed E-state index contributed by atoms with van der Waals surface area (Å²) in [5.74, 6) is -0.457. The molecule has 0 unspecified atom stereocenters. The molecule has 2 aromatic rings. The number of para-hydroxylation sites is 1. The summed E-state index contributed by atoms with van der Waals surface area (Å²) in [6, 6.07) is 8.48. The highest BCUT2D eigenvalue weighted by atomic mass is 79.9. The summed E-state index contributed by atoms with van der Waals surface area (Å²) in [5, 5.41) is 15.3. The minimum absolute atomic E-state index is 0.188. The van der Waals surface area contributed by atoms with Crippen LogP contribution in [0.5, 0.6) is 0 Å². The van der Waals surface area contributed by atoms with Gasteiger partial charge in [0, 0.05) is 0 Å². The normalized spacial score (nSPS) is 10.5. The van der Waals surface area contributed by atoms with Gasteiger partial charge < -0.3 is 5.32 Å². The van der Waals surface area contributed by atoms with E-state index in [0.29, 0.717) is 16.9 Å². The van der Waals surface area contributed by atoms with Crippen LogP contribution < -0.4 is 5.32 Å². The van der Waals surface area contributed by atoms with Crippen LogP contribution in [-0.2, 0) is 11.3 Å². The number of alkyl halides is 2. The number of anilines is 1. The molecule has 0 aliphatic carbocycles. The predicted octanol–water partition coefficient (Wildman–Crippen LogP) is 3.40. The van der Waals surface area contributed by atoms with E-state index in [1.54, 1.807) is 31.2 Å². The van der Waals surface area contributed by atoms with Crippen molar-refractivity contribution in [2.24, 2.45) is 0 Å². The second-order valence-electron chi connectivity index (χ2n) is 4.45. The van der Waals surface area contributed by atoms with Crippen molar-refractivity contribution in [1.29, 1.82) is 5.26 Å². The second-order valence-corrected chi connectivity index (χ2v) is 5.24. The van der Waals surface area contributed by atoms with Crippen LogP contribution in [0.15, 0.2) is 28.7 Å². The largest absolute Gasteiger partial charge is 0.323 e. The molecule has 2 rings (SSSR count). The molecule has 0 atom stereocenters. The topological polar surface area (TPSA) is 70.7 Å². The lowest BCUT2D eigenvalue weighted by Crippen LogP contribution is -2.20. The zero-order valence-electron chi connectivity index (χ0n) is 11.5. The summed E-state index contributed by atoms with van der Waals surface area (Å²) in [6.07, 6.45) is -2.73. The first kappa shape index (κ1) is 16.1. The number of carbonyl (C=O) groups excluding carboxylic acids is 1. The zero-order chi connectivity index (χ0) is 16.3. The van der Waals surface area contributed by atoms with Crippen molar-refractivity contribution in [3.63, 3.8) is 0 Å². The van der Waals surface area contributed by atoms with Crippen LogP contribution in [0.1, 0.15) is 23.4 Å². The summed E-state index contributed by atoms with van der Waals surface area (Å²) < 4.78 is 26.9. The minimum Gasteiger partial charge on any atom is -0.323 e. The number of carbonyl (C=O) groups is 1. The summed E-state index contributed by atoms with van der Waals surface area (Å²) in [7, 11) is 0. The van der Waals surface area contributed by atoms with Gasteiger partial charge >= 0.3 is 0 Å². The fourth-order valence-corrected chi connectivity index (χ4v) is 2.31. The SMILES string of the molecule is Cc1c(Br)c(C(F)F)nn1CC(=O)Nc1ccccc1C#N. The van der Waals surface area contributed by atoms with E-state index in [2.05, 4.69) is 26.3 Å². The Morgan fingerprint density at radius 2 is 2.18 bits per heavy atom. The van der Waals surface area contributed by atoms with Gasteiger partial charge in [0.2, 0.25) is 5.91 Å². The fraction of sp³-hybridized carbons (Fsp3) is 0.214. The first-order chi connectivity index (χ1) is 10.4. The molecule has 0 aliphatic rings. The highest BCUT2D eigenvalue weighted by Gasteiger charge is 2.21. The van der Waals surface area contributed by atoms with Gasteiger partial charge in [-0.05, 0) is 35.0 Å². The molecule has 0 bridgehead atoms. The molecule has 1 aromatic heterocycles. The Morgan fingerprint density at radius 3 is 2.77 bits per heavy atom. The Balaban J connectivity index is 2.16. The van der Waals surface area contributed by atoms with Crippen LogP contribution >= 0.6 is 15.9 Å². The molecular formula is C14H11BrF2N4O. The third kappa shape index (κ3) is 3.31. The van der Waals surface area contributed by atoms with Gasteiger partial charge in [-0.1, -0.05) is 12.1 Å². The van der Waals surface area contributed by atoms with Crippen LogP contribution in [-0.4, -0.2) is 15.7 Å². The number of nitriles is 1. The highest BCUT2D eigenvalue weighted by Crippen LogP contribution is 2.29. The van der Waals surface area contributed by atoms with Crippen LogP contribution in [0.25, 0.3) is 0 Å². The first-order valence-electron chi connectivity index (χ1n) is 6.24. The molecular weight excluding hydrogens is 358 g/mol. The van der Waals surface area contributed by atoms with Gasteiger partial charge in [-0.25, -0.2) is 8.78 Å². The molecule has 1 aromatic carbocycles. The van der Waals surface area contributed by atoms with Crippen LogP contribution in [0, 0.1) is 18.3 Å². The average Bonchev–Trinajstić information content (AvgIpc) is 2.76. The smallest absolute Gasteiger partial charge is 0.283 e. The summed E-state index contributed by atoms with van der Waals surface area (Å²) in [6.45, 7) is 1.36. The molecule has 1 N–H and O–H groups in total. The average molecular weight is 369 g/mol. The van der Waals surface area contributed by atoms with Crippen LogP contribution in [0.3, 0.4) is 0 Å². The second kappa shape index (κ2) is 6.66. The summed E-state index contributed by atoms with van der Waals surface area (Å²) in [4.78, 5) is 12.0. The molecule has 114 valence electrons. The van der Waals surface area contributed by atoms with E-state index in [1.807, 2.05) is 6.07 Å². The van der Waals surface area contributed by atoms with Crippen LogP contribution in [0.4, 0.5) is 14.5 Å². The Kier molecular flexibility index (Phi) is 4.88. The van der Waals surface area contributed by atoms with E-state index < -0.39 is 18.0 Å². The lowest BCUT2D eigenvalue weighted by Gasteiger charge is -2.08. The predicted molar refractivity (Wildman–Crippen MR) is 79.4 cm³/mol. The maximum Gasteiger partial charge on any atom is 0.283 e. The van der Waals surface area contributed by atoms with Gasteiger partial charge in [-0.15, -0.1) is 0 Å². The number of amides is 1. The van der Waals surface area contributed by atoms with Crippen molar-refractivity contribution in [1.82, 2.24) is 9.78 Å². The van der Waals surface area contributed by atoms with E-state index >= 15 is 0 Å². The maximum atomic E-state index is 12.8. The number of aromatic nitrogens is 2. The van der Waals surface area contributed by atoms with Gasteiger partial charge in [0.15, 0.2) is 0 Å². The lowest BCUT2D eigenvalue weighted by molar-refractivity contribution is -0.117. The molecule has 0 spiro atoms. The fourth-order valence-electron chi connectivity index (χ4n) is 1.86. The van der Waals surface area contributed by atoms with Gasteiger partial charge in [-0.2, -0.15) is 10.4 Å². The molecule has 1 amide bonds. The van der Waals surface area contributed by atoms with Gasteiger partial charge in [0.1, 0.15) is 18.3 Å². The highest BCUT2D eigenvalue weighted by molar-refractivity contribution is 9.10. The maximum absolute atomic E-state index is 12.8. The van der Waals surface area contributed by atoms with Gasteiger partial charge in [-0.3, -0.25) is 9.48 Å². The Morgan fingerprint density at radius 1 is 1.50 bits per heavy atom. The van der Waals surface area contributed by atoms with E-state index in [0.717, 1.165) is 0 Å². The molecule has 0 fully saturated rings. The van der Waals surface area contributed by atoms with Crippen molar-refractivity contribution in [2.75, 3.05) is 5.32 Å². The molecule has 8 heteroatoms. The molecule has 0 radical (unpaired) electrons.